The van der Waals surface area contributed by atoms with Gasteiger partial charge >= 0.3 is 5.69 Å². The third-order valence-electron chi connectivity index (χ3n) is 7.25. The first kappa shape index (κ1) is 22.2. The lowest BCUT2D eigenvalue weighted by molar-refractivity contribution is -0.910. The van der Waals surface area contributed by atoms with Crippen LogP contribution in [0.1, 0.15) is 33.0 Å². The molecule has 0 aliphatic carbocycles. The number of amides is 1. The van der Waals surface area contributed by atoms with Crippen LogP contribution in [0, 0.1) is 5.92 Å². The molecule has 1 aliphatic rings. The summed E-state index contributed by atoms with van der Waals surface area (Å²) < 4.78 is 6.91. The van der Waals surface area contributed by atoms with Gasteiger partial charge < -0.3 is 14.3 Å². The van der Waals surface area contributed by atoms with E-state index in [1.807, 2.05) is 63.2 Å². The van der Waals surface area contributed by atoms with E-state index in [1.165, 1.54) is 0 Å². The number of aromatic amines is 1. The minimum Gasteiger partial charge on any atom is -0.498 e. The number of carbonyl (C=O) groups excluding carboxylic acids is 1. The van der Waals surface area contributed by atoms with Crippen molar-refractivity contribution in [3.63, 3.8) is 0 Å². The lowest BCUT2D eigenvalue weighted by atomic mass is 10.0. The Bertz CT molecular complexity index is 1410. The molecule has 34 heavy (non-hydrogen) atoms. The van der Waals surface area contributed by atoms with Crippen LogP contribution in [0.25, 0.3) is 27.8 Å². The van der Waals surface area contributed by atoms with Crippen LogP contribution in [0.15, 0.2) is 64.0 Å². The third kappa shape index (κ3) is 3.64. The van der Waals surface area contributed by atoms with Gasteiger partial charge in [-0.15, -0.1) is 0 Å². The summed E-state index contributed by atoms with van der Waals surface area (Å²) in [6.07, 6.45) is 1.88. The van der Waals surface area contributed by atoms with Crippen LogP contribution in [-0.2, 0) is 6.42 Å². The zero-order valence-electron chi connectivity index (χ0n) is 19.6. The van der Waals surface area contributed by atoms with Gasteiger partial charge in [-0.1, -0.05) is 18.2 Å². The molecule has 2 aromatic heterocycles. The zero-order chi connectivity index (χ0) is 24.1. The summed E-state index contributed by atoms with van der Waals surface area (Å²) in [6.45, 7) is 6.77. The van der Waals surface area contributed by atoms with E-state index in [0.29, 0.717) is 25.3 Å². The molecule has 176 valence electrons. The molecule has 0 saturated carbocycles. The Hall–Kier alpha value is -3.65. The molecule has 0 spiro atoms. The van der Waals surface area contributed by atoms with Crippen molar-refractivity contribution >= 4 is 17.1 Å². The van der Waals surface area contributed by atoms with E-state index in [-0.39, 0.29) is 16.1 Å². The molecule has 2 atom stereocenters. The van der Waals surface area contributed by atoms with Gasteiger partial charge in [0.15, 0.2) is 0 Å². The topological polar surface area (TPSA) is 104 Å². The molecule has 1 N–H and O–H groups in total. The van der Waals surface area contributed by atoms with E-state index in [9.17, 15) is 14.7 Å². The number of H-pyrrole nitrogens is 1. The Morgan fingerprint density at radius 1 is 1.18 bits per heavy atom. The minimum atomic E-state index is -1.04. The summed E-state index contributed by atoms with van der Waals surface area (Å²) in [5.41, 5.74) is 2.88. The highest BCUT2D eigenvalue weighted by Crippen LogP contribution is 2.35. The maximum Gasteiger partial charge on any atom is 0.347 e. The van der Waals surface area contributed by atoms with Crippen LogP contribution in [-0.4, -0.2) is 44.0 Å². The largest absolute Gasteiger partial charge is 0.498 e. The van der Waals surface area contributed by atoms with Gasteiger partial charge in [-0.25, -0.2) is 14.5 Å². The molecule has 1 amide bonds. The molecule has 5 rings (SSSR count). The predicted octanol–water partition coefficient (Wildman–Crippen LogP) is 3.49. The second kappa shape index (κ2) is 7.99. The number of benzene rings is 2. The van der Waals surface area contributed by atoms with Crippen LogP contribution in [0.2, 0.25) is 0 Å². The number of furan rings is 1. The number of carboxylic acid groups (broad SMARTS) is 1. The SMILES string of the molecule is CC(C)(C)[N+]1(C(=O)[O-])CC[C@@H](Cc2n[nH]c(=O)n2-c2ccc(-c3ccc4occc4c3)cc2)C1. The predicted molar refractivity (Wildman–Crippen MR) is 126 cm³/mol. The molecule has 2 aromatic carbocycles. The van der Waals surface area contributed by atoms with Crippen molar-refractivity contribution < 1.29 is 18.8 Å². The third-order valence-corrected chi connectivity index (χ3v) is 7.25. The number of hydrogen-bond acceptors (Lipinski definition) is 5. The van der Waals surface area contributed by atoms with E-state index in [2.05, 4.69) is 16.3 Å². The van der Waals surface area contributed by atoms with Crippen molar-refractivity contribution in [3.8, 4) is 16.8 Å². The highest BCUT2D eigenvalue weighted by Gasteiger charge is 2.48. The van der Waals surface area contributed by atoms with Gasteiger partial charge in [-0.2, -0.15) is 5.10 Å². The monoisotopic (exact) mass is 460 g/mol. The van der Waals surface area contributed by atoms with Crippen LogP contribution in [0.4, 0.5) is 4.79 Å². The van der Waals surface area contributed by atoms with E-state index in [0.717, 1.165) is 34.2 Å². The maximum absolute atomic E-state index is 12.6. The molecular formula is C26H28N4O4. The first-order chi connectivity index (χ1) is 16.2. The number of quaternary nitrogens is 1. The highest BCUT2D eigenvalue weighted by molar-refractivity contribution is 5.83. The summed E-state index contributed by atoms with van der Waals surface area (Å²) in [5, 5.41) is 19.9. The van der Waals surface area contributed by atoms with Gasteiger partial charge in [0, 0.05) is 24.1 Å². The molecule has 3 heterocycles. The van der Waals surface area contributed by atoms with Crippen molar-refractivity contribution in [3.05, 3.63) is 71.1 Å². The number of likely N-dealkylation sites (tertiary alicyclic amines) is 1. The second-order valence-corrected chi connectivity index (χ2v) is 10.2. The number of aromatic nitrogens is 3. The van der Waals surface area contributed by atoms with E-state index in [4.69, 9.17) is 4.42 Å². The molecule has 1 aliphatic heterocycles. The van der Waals surface area contributed by atoms with Crippen LogP contribution < -0.4 is 10.8 Å². The Kier molecular flexibility index (Phi) is 5.20. The summed E-state index contributed by atoms with van der Waals surface area (Å²) >= 11 is 0. The van der Waals surface area contributed by atoms with Gasteiger partial charge in [0.1, 0.15) is 11.4 Å². The summed E-state index contributed by atoms with van der Waals surface area (Å²) in [6, 6.07) is 15.7. The molecule has 4 aromatic rings. The molecule has 1 fully saturated rings. The molecule has 0 bridgehead atoms. The van der Waals surface area contributed by atoms with Crippen molar-refractivity contribution in [2.45, 2.75) is 39.2 Å². The Balaban J connectivity index is 1.40. The number of rotatable bonds is 4. The first-order valence-electron chi connectivity index (χ1n) is 11.5. The van der Waals surface area contributed by atoms with Crippen LogP contribution in [0.5, 0.6) is 0 Å². The van der Waals surface area contributed by atoms with Crippen molar-refractivity contribution in [1.82, 2.24) is 14.8 Å². The Morgan fingerprint density at radius 3 is 2.59 bits per heavy atom. The normalized spacial score (nSPS) is 20.7. The van der Waals surface area contributed by atoms with Crippen molar-refractivity contribution in [2.75, 3.05) is 13.1 Å². The number of hydrogen-bond donors (Lipinski definition) is 1. The molecule has 1 saturated heterocycles. The fourth-order valence-electron chi connectivity index (χ4n) is 5.18. The molecule has 8 heteroatoms. The van der Waals surface area contributed by atoms with Gasteiger partial charge in [0.2, 0.25) is 0 Å². The summed E-state index contributed by atoms with van der Waals surface area (Å²) in [5.74, 6) is 0.696. The van der Waals surface area contributed by atoms with Gasteiger partial charge in [0.05, 0.1) is 30.6 Å². The van der Waals surface area contributed by atoms with E-state index in [1.54, 1.807) is 10.8 Å². The Morgan fingerprint density at radius 2 is 1.91 bits per heavy atom. The lowest BCUT2D eigenvalue weighted by Crippen LogP contribution is -2.66. The molecular weight excluding hydrogens is 432 g/mol. The zero-order valence-corrected chi connectivity index (χ0v) is 19.6. The molecule has 1 unspecified atom stereocenters. The fraction of sp³-hybridized carbons (Fsp3) is 0.346. The number of nitrogens with one attached hydrogen (secondary N) is 1. The summed E-state index contributed by atoms with van der Waals surface area (Å²) in [7, 11) is 0. The molecule has 0 radical (unpaired) electrons. The maximum atomic E-state index is 12.6. The Labute approximate surface area is 197 Å². The second-order valence-electron chi connectivity index (χ2n) is 10.2. The smallest absolute Gasteiger partial charge is 0.347 e. The van der Waals surface area contributed by atoms with Crippen molar-refractivity contribution in [2.24, 2.45) is 5.92 Å². The number of nitrogens with zero attached hydrogens (tertiary/aromatic N) is 3. The summed E-state index contributed by atoms with van der Waals surface area (Å²) in [4.78, 5) is 24.7. The van der Waals surface area contributed by atoms with Gasteiger partial charge in [-0.05, 0) is 62.2 Å². The fourth-order valence-corrected chi connectivity index (χ4v) is 5.18. The van der Waals surface area contributed by atoms with E-state index < -0.39 is 11.6 Å². The minimum absolute atomic E-state index is 0.0813. The van der Waals surface area contributed by atoms with Gasteiger partial charge in [-0.3, -0.25) is 4.48 Å². The lowest BCUT2D eigenvalue weighted by Gasteiger charge is -2.45. The number of carbonyl (C=O) groups is 1. The molecule has 8 nitrogen and oxygen atoms in total. The van der Waals surface area contributed by atoms with Crippen LogP contribution >= 0.6 is 0 Å². The van der Waals surface area contributed by atoms with Crippen molar-refractivity contribution in [1.29, 1.82) is 0 Å². The van der Waals surface area contributed by atoms with Gasteiger partial charge in [0.25, 0.3) is 6.09 Å². The number of fused-ring (bicyclic) bond motifs is 1. The standard InChI is InChI=1S/C26H28N4O4/c1-26(2,3)30(25(32)33)12-10-17(16-30)14-23-27-28-24(31)29(23)21-7-4-18(5-8-21)19-6-9-22-20(15-19)11-13-34-22/h4-9,11,13,15,17H,10,12,14,16H2,1-3H3,(H-,28,31,32,33)/t17-,30?/m0/s1. The average Bonchev–Trinajstić information content (AvgIpc) is 3.52. The average molecular weight is 461 g/mol. The quantitative estimate of drug-likeness (QED) is 0.470. The van der Waals surface area contributed by atoms with E-state index >= 15 is 0 Å². The highest BCUT2D eigenvalue weighted by atomic mass is 16.4. The van der Waals surface area contributed by atoms with Crippen LogP contribution in [0.3, 0.4) is 0 Å². The first-order valence-corrected chi connectivity index (χ1v) is 11.5.